The van der Waals surface area contributed by atoms with Crippen LogP contribution in [0.15, 0.2) is 18.3 Å². The monoisotopic (exact) mass is 211 g/mol. The summed E-state index contributed by atoms with van der Waals surface area (Å²) in [5, 5.41) is 0. The lowest BCUT2D eigenvalue weighted by Crippen LogP contribution is -2.20. The van der Waals surface area contributed by atoms with Gasteiger partial charge in [-0.2, -0.15) is 4.39 Å². The molecule has 1 rings (SSSR count). The molecule has 1 unspecified atom stereocenters. The Kier molecular flexibility index (Phi) is 3.77. The van der Waals surface area contributed by atoms with Crippen LogP contribution in [0.3, 0.4) is 0 Å². The zero-order valence-corrected chi connectivity index (χ0v) is 9.03. The highest BCUT2D eigenvalue weighted by atomic mass is 19.1. The number of hydrogen-bond acceptors (Lipinski definition) is 3. The number of esters is 1. The Morgan fingerprint density at radius 3 is 2.67 bits per heavy atom. The highest BCUT2D eigenvalue weighted by Gasteiger charge is 2.15. The van der Waals surface area contributed by atoms with Crippen molar-refractivity contribution in [2.75, 3.05) is 0 Å². The van der Waals surface area contributed by atoms with E-state index in [0.717, 1.165) is 6.07 Å². The maximum absolute atomic E-state index is 12.7. The van der Waals surface area contributed by atoms with Gasteiger partial charge in [0.25, 0.3) is 0 Å². The van der Waals surface area contributed by atoms with Crippen LogP contribution in [0.4, 0.5) is 4.39 Å². The molecular formula is C11H14FNO2. The van der Waals surface area contributed by atoms with Crippen LogP contribution in [0.25, 0.3) is 0 Å². The van der Waals surface area contributed by atoms with E-state index in [1.54, 1.807) is 6.92 Å². The van der Waals surface area contributed by atoms with Crippen LogP contribution in [-0.2, 0) is 4.74 Å². The maximum Gasteiger partial charge on any atom is 0.338 e. The van der Waals surface area contributed by atoms with Crippen molar-refractivity contribution in [3.05, 3.63) is 29.8 Å². The van der Waals surface area contributed by atoms with Crippen LogP contribution in [0, 0.1) is 11.9 Å². The molecule has 0 aliphatic carbocycles. The highest BCUT2D eigenvalue weighted by molar-refractivity contribution is 5.89. The quantitative estimate of drug-likeness (QED) is 0.569. The minimum Gasteiger partial charge on any atom is -0.459 e. The fourth-order valence-corrected chi connectivity index (χ4v) is 0.902. The van der Waals surface area contributed by atoms with Crippen LogP contribution >= 0.6 is 0 Å². The molecule has 0 radical (unpaired) electrons. The lowest BCUT2D eigenvalue weighted by atomic mass is 10.1. The molecule has 82 valence electrons. The molecule has 0 saturated carbocycles. The number of halogens is 1. The Balaban J connectivity index is 2.69. The molecule has 0 aliphatic rings. The Morgan fingerprint density at radius 2 is 2.13 bits per heavy atom. The van der Waals surface area contributed by atoms with Gasteiger partial charge in [-0.05, 0) is 18.9 Å². The molecule has 0 fully saturated rings. The maximum atomic E-state index is 12.7. The van der Waals surface area contributed by atoms with Gasteiger partial charge in [-0.3, -0.25) is 0 Å². The summed E-state index contributed by atoms with van der Waals surface area (Å²) in [7, 11) is 0. The van der Waals surface area contributed by atoms with E-state index in [2.05, 4.69) is 4.98 Å². The first-order valence-corrected chi connectivity index (χ1v) is 4.83. The van der Waals surface area contributed by atoms with E-state index < -0.39 is 11.9 Å². The topological polar surface area (TPSA) is 39.2 Å². The number of hydrogen-bond donors (Lipinski definition) is 0. The van der Waals surface area contributed by atoms with Gasteiger partial charge in [-0.15, -0.1) is 0 Å². The van der Waals surface area contributed by atoms with Crippen LogP contribution < -0.4 is 0 Å². The molecule has 0 bridgehead atoms. The normalized spacial score (nSPS) is 12.6. The van der Waals surface area contributed by atoms with Gasteiger partial charge in [0, 0.05) is 12.3 Å². The lowest BCUT2D eigenvalue weighted by molar-refractivity contribution is 0.0237. The van der Waals surface area contributed by atoms with Gasteiger partial charge >= 0.3 is 5.97 Å². The van der Waals surface area contributed by atoms with E-state index in [4.69, 9.17) is 4.74 Å². The standard InChI is InChI=1S/C11H14FNO2/c1-7(2)8(3)15-11(14)9-4-5-13-10(12)6-9/h4-8H,1-3H3. The van der Waals surface area contributed by atoms with E-state index >= 15 is 0 Å². The third-order valence-electron chi connectivity index (χ3n) is 2.19. The summed E-state index contributed by atoms with van der Waals surface area (Å²) in [5.41, 5.74) is 0.190. The second-order valence-corrected chi connectivity index (χ2v) is 3.72. The predicted molar refractivity (Wildman–Crippen MR) is 53.9 cm³/mol. The second-order valence-electron chi connectivity index (χ2n) is 3.72. The second kappa shape index (κ2) is 4.87. The van der Waals surface area contributed by atoms with Crippen molar-refractivity contribution >= 4 is 5.97 Å². The summed E-state index contributed by atoms with van der Waals surface area (Å²) < 4.78 is 17.8. The first-order chi connectivity index (χ1) is 7.00. The van der Waals surface area contributed by atoms with Gasteiger partial charge in [-0.1, -0.05) is 13.8 Å². The summed E-state index contributed by atoms with van der Waals surface area (Å²) in [6.45, 7) is 5.70. The minimum absolute atomic E-state index is 0.186. The Labute approximate surface area is 88.3 Å². The van der Waals surface area contributed by atoms with E-state index in [1.165, 1.54) is 12.3 Å². The molecule has 0 saturated heterocycles. The van der Waals surface area contributed by atoms with Gasteiger partial charge in [0.2, 0.25) is 5.95 Å². The van der Waals surface area contributed by atoms with Crippen molar-refractivity contribution in [1.82, 2.24) is 4.98 Å². The van der Waals surface area contributed by atoms with E-state index in [1.807, 2.05) is 13.8 Å². The number of carbonyl (C=O) groups is 1. The number of aromatic nitrogens is 1. The summed E-state index contributed by atoms with van der Waals surface area (Å²) in [6, 6.07) is 2.49. The molecule has 0 aliphatic heterocycles. The van der Waals surface area contributed by atoms with Crippen molar-refractivity contribution < 1.29 is 13.9 Å². The summed E-state index contributed by atoms with van der Waals surface area (Å²) >= 11 is 0. The predicted octanol–water partition coefficient (Wildman–Crippen LogP) is 2.42. The van der Waals surface area contributed by atoms with Crippen molar-refractivity contribution in [2.45, 2.75) is 26.9 Å². The van der Waals surface area contributed by atoms with Crippen molar-refractivity contribution in [2.24, 2.45) is 5.92 Å². The minimum atomic E-state index is -0.679. The average Bonchev–Trinajstić information content (AvgIpc) is 2.17. The zero-order chi connectivity index (χ0) is 11.4. The fraction of sp³-hybridized carbons (Fsp3) is 0.455. The lowest BCUT2D eigenvalue weighted by Gasteiger charge is -2.16. The molecule has 15 heavy (non-hydrogen) atoms. The third-order valence-corrected chi connectivity index (χ3v) is 2.19. The van der Waals surface area contributed by atoms with Crippen LogP contribution in [0.2, 0.25) is 0 Å². The van der Waals surface area contributed by atoms with Gasteiger partial charge < -0.3 is 4.74 Å². The Morgan fingerprint density at radius 1 is 1.47 bits per heavy atom. The van der Waals surface area contributed by atoms with Crippen molar-refractivity contribution in [1.29, 1.82) is 0 Å². The van der Waals surface area contributed by atoms with E-state index in [9.17, 15) is 9.18 Å². The summed E-state index contributed by atoms with van der Waals surface area (Å²) in [6.07, 6.45) is 1.06. The molecule has 1 aromatic rings. The van der Waals surface area contributed by atoms with Crippen molar-refractivity contribution in [3.63, 3.8) is 0 Å². The Bertz CT molecular complexity index is 352. The molecule has 1 heterocycles. The summed E-state index contributed by atoms with van der Waals surface area (Å²) in [4.78, 5) is 14.9. The number of ether oxygens (including phenoxy) is 1. The average molecular weight is 211 g/mol. The van der Waals surface area contributed by atoms with Crippen molar-refractivity contribution in [3.8, 4) is 0 Å². The van der Waals surface area contributed by atoms with Gasteiger partial charge in [0.1, 0.15) is 6.10 Å². The molecule has 1 aromatic heterocycles. The molecule has 0 amide bonds. The van der Waals surface area contributed by atoms with E-state index in [0.29, 0.717) is 0 Å². The largest absolute Gasteiger partial charge is 0.459 e. The van der Waals surface area contributed by atoms with Gasteiger partial charge in [0.05, 0.1) is 5.56 Å². The highest BCUT2D eigenvalue weighted by Crippen LogP contribution is 2.10. The number of rotatable bonds is 3. The molecule has 1 atom stereocenters. The van der Waals surface area contributed by atoms with Crippen LogP contribution in [0.1, 0.15) is 31.1 Å². The number of nitrogens with zero attached hydrogens (tertiary/aromatic N) is 1. The Hall–Kier alpha value is -1.45. The fourth-order valence-electron chi connectivity index (χ4n) is 0.902. The van der Waals surface area contributed by atoms with Crippen LogP contribution in [-0.4, -0.2) is 17.1 Å². The number of carbonyl (C=O) groups excluding carboxylic acids is 1. The SMILES string of the molecule is CC(C)C(C)OC(=O)c1ccnc(F)c1. The van der Waals surface area contributed by atoms with E-state index in [-0.39, 0.29) is 17.6 Å². The van der Waals surface area contributed by atoms with Gasteiger partial charge in [-0.25, -0.2) is 9.78 Å². The van der Waals surface area contributed by atoms with Gasteiger partial charge in [0.15, 0.2) is 0 Å². The third kappa shape index (κ3) is 3.31. The molecule has 0 spiro atoms. The molecule has 3 nitrogen and oxygen atoms in total. The molecule has 0 aromatic carbocycles. The first-order valence-electron chi connectivity index (χ1n) is 4.83. The number of pyridine rings is 1. The molecule has 4 heteroatoms. The zero-order valence-electron chi connectivity index (χ0n) is 9.03. The first kappa shape index (κ1) is 11.6. The summed E-state index contributed by atoms with van der Waals surface area (Å²) in [5.74, 6) is -0.959. The smallest absolute Gasteiger partial charge is 0.338 e. The molecule has 0 N–H and O–H groups in total. The molecular weight excluding hydrogens is 197 g/mol. The van der Waals surface area contributed by atoms with Crippen LogP contribution in [0.5, 0.6) is 0 Å².